The zero-order valence-corrected chi connectivity index (χ0v) is 16.3. The molecule has 4 nitrogen and oxygen atoms in total. The Labute approximate surface area is 161 Å². The second kappa shape index (κ2) is 8.17. The van der Waals surface area contributed by atoms with Gasteiger partial charge in [-0.25, -0.2) is 9.18 Å². The molecule has 1 amide bonds. The lowest BCUT2D eigenvalue weighted by Crippen LogP contribution is -2.47. The highest BCUT2D eigenvalue weighted by Gasteiger charge is 2.40. The fourth-order valence-electron chi connectivity index (χ4n) is 5.21. The van der Waals surface area contributed by atoms with Crippen LogP contribution < -0.4 is 0 Å². The number of hydrogen-bond donors (Lipinski definition) is 0. The van der Waals surface area contributed by atoms with Gasteiger partial charge in [0.15, 0.2) is 0 Å². The summed E-state index contributed by atoms with van der Waals surface area (Å²) < 4.78 is 20.2. The summed E-state index contributed by atoms with van der Waals surface area (Å²) in [5.41, 5.74) is 0.573. The van der Waals surface area contributed by atoms with Gasteiger partial charge in [0, 0.05) is 36.5 Å². The average Bonchev–Trinajstić information content (AvgIpc) is 2.89. The van der Waals surface area contributed by atoms with Crippen molar-refractivity contribution in [3.63, 3.8) is 0 Å². The summed E-state index contributed by atoms with van der Waals surface area (Å²) in [6.07, 6.45) is 9.47. The predicted molar refractivity (Wildman–Crippen MR) is 103 cm³/mol. The molecular weight excluding hydrogens is 343 g/mol. The van der Waals surface area contributed by atoms with Gasteiger partial charge in [-0.3, -0.25) is 0 Å². The van der Waals surface area contributed by atoms with Gasteiger partial charge >= 0.3 is 6.09 Å². The van der Waals surface area contributed by atoms with Crippen molar-refractivity contribution in [1.29, 1.82) is 0 Å². The Morgan fingerprint density at radius 3 is 2.44 bits per heavy atom. The summed E-state index contributed by atoms with van der Waals surface area (Å²) in [5, 5.41) is 0. The maximum Gasteiger partial charge on any atom is 0.410 e. The van der Waals surface area contributed by atoms with E-state index in [1.807, 2.05) is 6.07 Å². The number of ether oxygens (including phenoxy) is 1. The van der Waals surface area contributed by atoms with E-state index in [0.29, 0.717) is 24.2 Å². The van der Waals surface area contributed by atoms with Gasteiger partial charge in [0.1, 0.15) is 11.9 Å². The molecule has 0 aromatic heterocycles. The van der Waals surface area contributed by atoms with Crippen molar-refractivity contribution in [1.82, 2.24) is 9.80 Å². The van der Waals surface area contributed by atoms with Crippen LogP contribution in [0.4, 0.5) is 9.18 Å². The second-order valence-electron chi connectivity index (χ2n) is 8.54. The SMILES string of the molecule is CN1[C@@H]2CC[C@H]1C[C@@H](OC(=O)N(Cc1ccccc1F)C1CCCCC1)C2. The standard InChI is InChI=1S/C22H31FN2O2/c1-24-18-11-12-19(24)14-20(13-18)27-22(26)25(17-8-3-2-4-9-17)15-16-7-5-6-10-21(16)23/h5-7,10,17-20H,2-4,8-9,11-15H2,1H3/t18-,19+,20+. The van der Waals surface area contributed by atoms with E-state index in [4.69, 9.17) is 4.74 Å². The Morgan fingerprint density at radius 1 is 1.11 bits per heavy atom. The Hall–Kier alpha value is -1.62. The molecule has 0 unspecified atom stereocenters. The number of hydrogen-bond acceptors (Lipinski definition) is 3. The van der Waals surface area contributed by atoms with E-state index < -0.39 is 0 Å². The molecule has 2 aliphatic heterocycles. The van der Waals surface area contributed by atoms with Crippen LogP contribution in [-0.4, -0.2) is 47.2 Å². The molecule has 3 aliphatic rings. The zero-order valence-electron chi connectivity index (χ0n) is 16.3. The van der Waals surface area contributed by atoms with E-state index in [1.54, 1.807) is 17.0 Å². The highest BCUT2D eigenvalue weighted by atomic mass is 19.1. The van der Waals surface area contributed by atoms with Gasteiger partial charge in [0.2, 0.25) is 0 Å². The van der Waals surface area contributed by atoms with Gasteiger partial charge in [0.05, 0.1) is 6.54 Å². The number of piperidine rings is 1. The molecule has 0 spiro atoms. The number of carbonyl (C=O) groups is 1. The molecule has 3 fully saturated rings. The van der Waals surface area contributed by atoms with Crippen LogP contribution in [-0.2, 0) is 11.3 Å². The molecule has 2 saturated heterocycles. The zero-order chi connectivity index (χ0) is 18.8. The van der Waals surface area contributed by atoms with Crippen LogP contribution >= 0.6 is 0 Å². The molecule has 2 bridgehead atoms. The number of nitrogens with zero attached hydrogens (tertiary/aromatic N) is 2. The van der Waals surface area contributed by atoms with Crippen LogP contribution in [0, 0.1) is 5.82 Å². The maximum atomic E-state index is 14.2. The van der Waals surface area contributed by atoms with Crippen molar-refractivity contribution < 1.29 is 13.9 Å². The van der Waals surface area contributed by atoms with Crippen LogP contribution in [0.2, 0.25) is 0 Å². The largest absolute Gasteiger partial charge is 0.446 e. The van der Waals surface area contributed by atoms with Crippen molar-refractivity contribution in [2.45, 2.75) is 88.6 Å². The Bertz CT molecular complexity index is 647. The Morgan fingerprint density at radius 2 is 1.78 bits per heavy atom. The van der Waals surface area contributed by atoms with Crippen LogP contribution in [0.1, 0.15) is 63.4 Å². The summed E-state index contributed by atoms with van der Waals surface area (Å²) >= 11 is 0. The monoisotopic (exact) mass is 374 g/mol. The first-order valence-electron chi connectivity index (χ1n) is 10.5. The average molecular weight is 375 g/mol. The number of fused-ring (bicyclic) bond motifs is 2. The van der Waals surface area contributed by atoms with E-state index in [2.05, 4.69) is 11.9 Å². The highest BCUT2D eigenvalue weighted by molar-refractivity contribution is 5.68. The molecule has 0 radical (unpaired) electrons. The summed E-state index contributed by atoms with van der Waals surface area (Å²) in [6.45, 7) is 0.301. The highest BCUT2D eigenvalue weighted by Crippen LogP contribution is 2.36. The topological polar surface area (TPSA) is 32.8 Å². The minimum absolute atomic E-state index is 0.00193. The molecule has 148 valence electrons. The third kappa shape index (κ3) is 4.13. The minimum Gasteiger partial charge on any atom is -0.446 e. The molecule has 1 saturated carbocycles. The second-order valence-corrected chi connectivity index (χ2v) is 8.54. The van der Waals surface area contributed by atoms with Crippen LogP contribution in [0.25, 0.3) is 0 Å². The number of halogens is 1. The molecule has 27 heavy (non-hydrogen) atoms. The van der Waals surface area contributed by atoms with Gasteiger partial charge in [-0.15, -0.1) is 0 Å². The fourth-order valence-corrected chi connectivity index (χ4v) is 5.21. The van der Waals surface area contributed by atoms with E-state index in [9.17, 15) is 9.18 Å². The molecule has 1 aromatic carbocycles. The molecule has 5 heteroatoms. The Balaban J connectivity index is 1.46. The summed E-state index contributed by atoms with van der Waals surface area (Å²) in [7, 11) is 2.19. The van der Waals surface area contributed by atoms with Gasteiger partial charge in [-0.1, -0.05) is 37.5 Å². The first-order valence-corrected chi connectivity index (χ1v) is 10.5. The van der Waals surface area contributed by atoms with Gasteiger partial charge in [-0.05, 0) is 38.8 Å². The lowest BCUT2D eigenvalue weighted by Gasteiger charge is -2.38. The van der Waals surface area contributed by atoms with Crippen molar-refractivity contribution >= 4 is 6.09 Å². The fraction of sp³-hybridized carbons (Fsp3) is 0.682. The number of benzene rings is 1. The molecule has 3 atom stereocenters. The van der Waals surface area contributed by atoms with E-state index >= 15 is 0 Å². The summed E-state index contributed by atoms with van der Waals surface area (Å²) in [6, 6.07) is 8.00. The maximum absolute atomic E-state index is 14.2. The van der Waals surface area contributed by atoms with Crippen molar-refractivity contribution in [3.8, 4) is 0 Å². The first kappa shape index (κ1) is 18.7. The van der Waals surface area contributed by atoms with E-state index in [0.717, 1.165) is 38.5 Å². The van der Waals surface area contributed by atoms with E-state index in [-0.39, 0.29) is 24.1 Å². The van der Waals surface area contributed by atoms with Crippen molar-refractivity contribution in [3.05, 3.63) is 35.6 Å². The number of rotatable bonds is 4. The molecule has 1 aliphatic carbocycles. The predicted octanol–water partition coefficient (Wildman–Crippen LogP) is 4.72. The van der Waals surface area contributed by atoms with Crippen LogP contribution in [0.15, 0.2) is 24.3 Å². The number of carbonyl (C=O) groups excluding carboxylic acids is 1. The smallest absolute Gasteiger partial charge is 0.410 e. The molecule has 1 aromatic rings. The lowest BCUT2D eigenvalue weighted by atomic mass is 9.94. The van der Waals surface area contributed by atoms with Crippen LogP contribution in [0.3, 0.4) is 0 Å². The first-order chi connectivity index (χ1) is 13.1. The van der Waals surface area contributed by atoms with Crippen molar-refractivity contribution in [2.75, 3.05) is 7.05 Å². The van der Waals surface area contributed by atoms with Gasteiger partial charge < -0.3 is 14.5 Å². The quantitative estimate of drug-likeness (QED) is 0.764. The lowest BCUT2D eigenvalue weighted by molar-refractivity contribution is 0.000273. The third-order valence-electron chi connectivity index (χ3n) is 6.87. The molecular formula is C22H31FN2O2. The minimum atomic E-state index is -0.251. The summed E-state index contributed by atoms with van der Waals surface area (Å²) in [5.74, 6) is -0.247. The van der Waals surface area contributed by atoms with Crippen molar-refractivity contribution in [2.24, 2.45) is 0 Å². The summed E-state index contributed by atoms with van der Waals surface area (Å²) in [4.78, 5) is 17.4. The van der Waals surface area contributed by atoms with Gasteiger partial charge in [-0.2, -0.15) is 0 Å². The normalized spacial score (nSPS) is 28.9. The third-order valence-corrected chi connectivity index (χ3v) is 6.87. The van der Waals surface area contributed by atoms with Gasteiger partial charge in [0.25, 0.3) is 0 Å². The number of amides is 1. The molecule has 2 heterocycles. The molecule has 4 rings (SSSR count). The van der Waals surface area contributed by atoms with Crippen LogP contribution in [0.5, 0.6) is 0 Å². The molecule has 0 N–H and O–H groups in total. The Kier molecular flexibility index (Phi) is 5.67. The van der Waals surface area contributed by atoms with E-state index in [1.165, 1.54) is 25.3 Å².